The first-order valence-corrected chi connectivity index (χ1v) is 11.6. The Morgan fingerprint density at radius 3 is 2.38 bits per heavy atom. The van der Waals surface area contributed by atoms with Gasteiger partial charge in [-0.25, -0.2) is 9.78 Å². The van der Waals surface area contributed by atoms with Gasteiger partial charge in [-0.3, -0.25) is 14.5 Å². The summed E-state index contributed by atoms with van der Waals surface area (Å²) in [5.74, 6) is -0.890. The lowest BCUT2D eigenvalue weighted by Gasteiger charge is -2.16. The van der Waals surface area contributed by atoms with Crippen molar-refractivity contribution in [2.24, 2.45) is 0 Å². The Bertz CT molecular complexity index is 1360. The van der Waals surface area contributed by atoms with Crippen molar-refractivity contribution < 1.29 is 23.9 Å². The van der Waals surface area contributed by atoms with Gasteiger partial charge in [0.2, 0.25) is 0 Å². The molecule has 0 bridgehead atoms. The van der Waals surface area contributed by atoms with E-state index in [4.69, 9.17) is 9.47 Å². The second-order valence-corrected chi connectivity index (χ2v) is 8.77. The molecule has 7 nitrogen and oxygen atoms in total. The van der Waals surface area contributed by atoms with Crippen molar-refractivity contribution in [3.8, 4) is 5.75 Å². The van der Waals surface area contributed by atoms with Gasteiger partial charge in [-0.05, 0) is 48.9 Å². The van der Waals surface area contributed by atoms with Gasteiger partial charge in [0.15, 0.2) is 0 Å². The number of hydrogen-bond donors (Lipinski definition) is 0. The minimum atomic E-state index is -0.563. The van der Waals surface area contributed by atoms with E-state index in [1.165, 1.54) is 16.2 Å². The zero-order valence-electron chi connectivity index (χ0n) is 18.3. The molecule has 8 heteroatoms. The van der Waals surface area contributed by atoms with Gasteiger partial charge < -0.3 is 9.47 Å². The number of carbonyl (C=O) groups is 3. The van der Waals surface area contributed by atoms with Crippen molar-refractivity contribution in [2.75, 3.05) is 6.61 Å². The number of rotatable bonds is 7. The van der Waals surface area contributed by atoms with E-state index in [-0.39, 0.29) is 30.5 Å². The molecule has 34 heavy (non-hydrogen) atoms. The Hall–Kier alpha value is -4.04. The van der Waals surface area contributed by atoms with E-state index in [0.717, 1.165) is 10.2 Å². The normalized spacial score (nSPS) is 12.8. The average molecular weight is 473 g/mol. The van der Waals surface area contributed by atoms with E-state index in [1.54, 1.807) is 42.5 Å². The lowest BCUT2D eigenvalue weighted by Crippen LogP contribution is -2.29. The van der Waals surface area contributed by atoms with Crippen molar-refractivity contribution in [3.63, 3.8) is 0 Å². The van der Waals surface area contributed by atoms with E-state index in [0.29, 0.717) is 34.1 Å². The third-order valence-electron chi connectivity index (χ3n) is 5.45. The third-order valence-corrected chi connectivity index (χ3v) is 6.46. The summed E-state index contributed by atoms with van der Waals surface area (Å²) in [6, 6.07) is 19.4. The van der Waals surface area contributed by atoms with Gasteiger partial charge >= 0.3 is 5.97 Å². The van der Waals surface area contributed by atoms with Crippen LogP contribution in [0.1, 0.15) is 48.6 Å². The van der Waals surface area contributed by atoms with Crippen LogP contribution in [-0.2, 0) is 17.9 Å². The van der Waals surface area contributed by atoms with Crippen LogP contribution in [0.25, 0.3) is 10.2 Å². The van der Waals surface area contributed by atoms with Crippen LogP contribution in [0.4, 0.5) is 0 Å². The summed E-state index contributed by atoms with van der Waals surface area (Å²) < 4.78 is 12.2. The highest BCUT2D eigenvalue weighted by Crippen LogP contribution is 2.28. The lowest BCUT2D eigenvalue weighted by atomic mass is 10.1. The Balaban J connectivity index is 1.35. The molecule has 0 N–H and O–H groups in total. The zero-order chi connectivity index (χ0) is 23.7. The van der Waals surface area contributed by atoms with Crippen LogP contribution in [0.2, 0.25) is 0 Å². The number of carbonyl (C=O) groups excluding carboxylic acids is 3. The number of para-hydroxylation sites is 1. The standard InChI is InChI=1S/C26H20N2O5S/c1-2-32-21-12-11-16(14-28-24(29)17-7-3-4-8-18(17)25(28)30)13-19(21)26(31)33-15-23-27-20-9-5-6-10-22(20)34-23/h3-13H,2,14-15H2,1H3. The maximum atomic E-state index is 13.0. The first-order chi connectivity index (χ1) is 16.5. The Labute approximate surface area is 199 Å². The van der Waals surface area contributed by atoms with Crippen molar-refractivity contribution in [3.05, 3.63) is 94.0 Å². The van der Waals surface area contributed by atoms with Crippen LogP contribution < -0.4 is 4.74 Å². The molecule has 0 unspecified atom stereocenters. The van der Waals surface area contributed by atoms with E-state index in [2.05, 4.69) is 4.98 Å². The van der Waals surface area contributed by atoms with Crippen LogP contribution in [0, 0.1) is 0 Å². The monoisotopic (exact) mass is 472 g/mol. The smallest absolute Gasteiger partial charge is 0.342 e. The number of thiazole rings is 1. The number of fused-ring (bicyclic) bond motifs is 2. The molecule has 4 aromatic rings. The molecule has 1 aliphatic rings. The highest BCUT2D eigenvalue weighted by molar-refractivity contribution is 7.18. The summed E-state index contributed by atoms with van der Waals surface area (Å²) in [4.78, 5) is 44.0. The summed E-state index contributed by atoms with van der Waals surface area (Å²) >= 11 is 1.47. The van der Waals surface area contributed by atoms with Crippen molar-refractivity contribution >= 4 is 39.3 Å². The largest absolute Gasteiger partial charge is 0.493 e. The van der Waals surface area contributed by atoms with Crippen molar-refractivity contribution in [1.29, 1.82) is 0 Å². The van der Waals surface area contributed by atoms with E-state index in [9.17, 15) is 14.4 Å². The molecular weight excluding hydrogens is 452 g/mol. The Morgan fingerprint density at radius 2 is 1.68 bits per heavy atom. The van der Waals surface area contributed by atoms with Gasteiger partial charge in [0.05, 0.1) is 34.5 Å². The van der Waals surface area contributed by atoms with Crippen molar-refractivity contribution in [2.45, 2.75) is 20.1 Å². The predicted octanol–water partition coefficient (Wildman–Crippen LogP) is 4.85. The van der Waals surface area contributed by atoms with Gasteiger partial charge in [0.1, 0.15) is 22.9 Å². The molecule has 0 fully saturated rings. The molecule has 5 rings (SSSR count). The summed E-state index contributed by atoms with van der Waals surface area (Å²) in [6.07, 6.45) is 0. The number of benzene rings is 3. The van der Waals surface area contributed by atoms with Gasteiger partial charge in [-0.15, -0.1) is 11.3 Å². The van der Waals surface area contributed by atoms with Gasteiger partial charge in [-0.1, -0.05) is 30.3 Å². The molecule has 0 radical (unpaired) electrons. The molecule has 2 heterocycles. The molecular formula is C26H20N2O5S. The lowest BCUT2D eigenvalue weighted by molar-refractivity contribution is 0.0468. The van der Waals surface area contributed by atoms with E-state index >= 15 is 0 Å². The zero-order valence-corrected chi connectivity index (χ0v) is 19.1. The highest BCUT2D eigenvalue weighted by atomic mass is 32.1. The molecule has 3 aromatic carbocycles. The number of imide groups is 1. The number of aromatic nitrogens is 1. The van der Waals surface area contributed by atoms with E-state index < -0.39 is 5.97 Å². The molecule has 1 aliphatic heterocycles. The summed E-state index contributed by atoms with van der Waals surface area (Å²) in [5, 5.41) is 0.690. The topological polar surface area (TPSA) is 85.8 Å². The summed E-state index contributed by atoms with van der Waals surface area (Å²) in [5.41, 5.74) is 2.47. The Morgan fingerprint density at radius 1 is 0.971 bits per heavy atom. The number of hydrogen-bond acceptors (Lipinski definition) is 7. The molecule has 0 aliphatic carbocycles. The second-order valence-electron chi connectivity index (χ2n) is 7.66. The average Bonchev–Trinajstić information content (AvgIpc) is 3.38. The molecule has 1 aromatic heterocycles. The third kappa shape index (κ3) is 4.04. The fraction of sp³-hybridized carbons (Fsp3) is 0.154. The van der Waals surface area contributed by atoms with Crippen LogP contribution in [0.5, 0.6) is 5.75 Å². The molecule has 2 amide bonds. The maximum Gasteiger partial charge on any atom is 0.342 e. The molecule has 0 atom stereocenters. The summed E-state index contributed by atoms with van der Waals surface area (Å²) in [6.45, 7) is 2.27. The van der Waals surface area contributed by atoms with Crippen LogP contribution in [-0.4, -0.2) is 34.3 Å². The molecule has 0 saturated heterocycles. The molecule has 0 saturated carbocycles. The second kappa shape index (κ2) is 9.07. The Kier molecular flexibility index (Phi) is 5.81. The molecule has 170 valence electrons. The van der Waals surface area contributed by atoms with Gasteiger partial charge in [0, 0.05) is 0 Å². The van der Waals surface area contributed by atoms with Crippen LogP contribution in [0.15, 0.2) is 66.7 Å². The van der Waals surface area contributed by atoms with Crippen LogP contribution >= 0.6 is 11.3 Å². The fourth-order valence-electron chi connectivity index (χ4n) is 3.87. The summed E-state index contributed by atoms with van der Waals surface area (Å²) in [7, 11) is 0. The minimum Gasteiger partial charge on any atom is -0.493 e. The number of esters is 1. The first-order valence-electron chi connectivity index (χ1n) is 10.8. The van der Waals surface area contributed by atoms with Crippen LogP contribution in [0.3, 0.4) is 0 Å². The number of nitrogens with zero attached hydrogens (tertiary/aromatic N) is 2. The molecule has 0 spiro atoms. The number of ether oxygens (including phenoxy) is 2. The van der Waals surface area contributed by atoms with E-state index in [1.807, 2.05) is 31.2 Å². The minimum absolute atomic E-state index is 0.0341. The first kappa shape index (κ1) is 21.8. The maximum absolute atomic E-state index is 13.0. The SMILES string of the molecule is CCOc1ccc(CN2C(=O)c3ccccc3C2=O)cc1C(=O)OCc1nc2ccccc2s1. The quantitative estimate of drug-likeness (QED) is 0.282. The number of amides is 2. The highest BCUT2D eigenvalue weighted by Gasteiger charge is 2.35. The van der Waals surface area contributed by atoms with Crippen molar-refractivity contribution in [1.82, 2.24) is 9.88 Å². The fourth-order valence-corrected chi connectivity index (χ4v) is 4.75. The van der Waals surface area contributed by atoms with Gasteiger partial charge in [0.25, 0.3) is 11.8 Å². The van der Waals surface area contributed by atoms with Gasteiger partial charge in [-0.2, -0.15) is 0 Å². The predicted molar refractivity (Wildman–Crippen MR) is 127 cm³/mol.